The van der Waals surface area contributed by atoms with Gasteiger partial charge in [-0.05, 0) is 24.0 Å². The fraction of sp³-hybridized carbons (Fsp3) is 0.250. The van der Waals surface area contributed by atoms with Crippen molar-refractivity contribution in [1.29, 1.82) is 0 Å². The number of hydrogen-bond acceptors (Lipinski definition) is 3. The lowest BCUT2D eigenvalue weighted by Crippen LogP contribution is -2.66. The molecule has 0 unspecified atom stereocenters. The minimum Gasteiger partial charge on any atom is -0.276 e. The lowest BCUT2D eigenvalue weighted by Gasteiger charge is -2.39. The fourth-order valence-corrected chi connectivity index (χ4v) is 3.27. The molecular weight excluding hydrogens is 316 g/mol. The van der Waals surface area contributed by atoms with Gasteiger partial charge in [0.25, 0.3) is 5.91 Å². The summed E-state index contributed by atoms with van der Waals surface area (Å²) in [4.78, 5) is 39.2. The Morgan fingerprint density at radius 2 is 1.52 bits per heavy atom. The number of hydrogen-bond donors (Lipinski definition) is 1. The van der Waals surface area contributed by atoms with E-state index in [1.165, 1.54) is 0 Å². The first-order chi connectivity index (χ1) is 12.1. The van der Waals surface area contributed by atoms with E-state index in [0.29, 0.717) is 12.0 Å². The summed E-state index contributed by atoms with van der Waals surface area (Å²) in [5.74, 6) is -1.00. The Morgan fingerprint density at radius 3 is 2.12 bits per heavy atom. The van der Waals surface area contributed by atoms with Crippen molar-refractivity contribution < 1.29 is 14.4 Å². The Labute approximate surface area is 146 Å². The van der Waals surface area contributed by atoms with Gasteiger partial charge in [-0.15, -0.1) is 0 Å². The monoisotopic (exact) mass is 336 g/mol. The molecule has 25 heavy (non-hydrogen) atoms. The molecule has 1 heterocycles. The first-order valence-corrected chi connectivity index (χ1v) is 8.36. The molecule has 1 N–H and O–H groups in total. The van der Waals surface area contributed by atoms with Gasteiger partial charge in [0.1, 0.15) is 0 Å². The van der Waals surface area contributed by atoms with Gasteiger partial charge < -0.3 is 0 Å². The maximum absolute atomic E-state index is 13.2. The molecule has 0 aromatic heterocycles. The van der Waals surface area contributed by atoms with Crippen LogP contribution in [0.2, 0.25) is 0 Å². The lowest BCUT2D eigenvalue weighted by molar-refractivity contribution is -0.145. The minimum atomic E-state index is -1.36. The average Bonchev–Trinajstić information content (AvgIpc) is 2.64. The van der Waals surface area contributed by atoms with Crippen LogP contribution < -0.4 is 5.32 Å². The quantitative estimate of drug-likeness (QED) is 0.854. The summed E-state index contributed by atoms with van der Waals surface area (Å²) in [7, 11) is 0. The van der Waals surface area contributed by atoms with Crippen molar-refractivity contribution in [3.63, 3.8) is 0 Å². The van der Waals surface area contributed by atoms with Crippen LogP contribution >= 0.6 is 0 Å². The summed E-state index contributed by atoms with van der Waals surface area (Å²) in [6.45, 7) is 2.02. The van der Waals surface area contributed by atoms with Gasteiger partial charge in [-0.25, -0.2) is 4.79 Å². The number of carbonyl (C=O) groups is 3. The molecule has 128 valence electrons. The Balaban J connectivity index is 1.91. The molecule has 1 atom stereocenters. The van der Waals surface area contributed by atoms with Crippen molar-refractivity contribution >= 4 is 17.8 Å². The zero-order valence-corrected chi connectivity index (χ0v) is 14.1. The van der Waals surface area contributed by atoms with Gasteiger partial charge in [-0.2, -0.15) is 0 Å². The number of carbonyl (C=O) groups excluding carboxylic acids is 3. The highest BCUT2D eigenvalue weighted by Crippen LogP contribution is 2.33. The normalized spacial score (nSPS) is 20.5. The number of benzene rings is 2. The van der Waals surface area contributed by atoms with Crippen LogP contribution in [0.15, 0.2) is 60.7 Å². The van der Waals surface area contributed by atoms with Crippen molar-refractivity contribution in [2.24, 2.45) is 0 Å². The number of nitrogens with zero attached hydrogens (tertiary/aromatic N) is 1. The molecule has 0 bridgehead atoms. The number of urea groups is 1. The maximum Gasteiger partial charge on any atom is 0.330 e. The number of imide groups is 2. The molecule has 1 aliphatic rings. The van der Waals surface area contributed by atoms with Gasteiger partial charge in [0, 0.05) is 6.54 Å². The highest BCUT2D eigenvalue weighted by atomic mass is 16.2. The van der Waals surface area contributed by atoms with Crippen molar-refractivity contribution in [3.8, 4) is 0 Å². The van der Waals surface area contributed by atoms with Crippen molar-refractivity contribution in [1.82, 2.24) is 10.2 Å². The summed E-state index contributed by atoms with van der Waals surface area (Å²) < 4.78 is 0. The van der Waals surface area contributed by atoms with Crippen LogP contribution in [0.4, 0.5) is 4.79 Å². The minimum absolute atomic E-state index is 0.233. The smallest absolute Gasteiger partial charge is 0.276 e. The molecule has 4 amide bonds. The van der Waals surface area contributed by atoms with E-state index in [-0.39, 0.29) is 13.0 Å². The number of barbiturate groups is 1. The van der Waals surface area contributed by atoms with Crippen LogP contribution in [-0.4, -0.2) is 29.3 Å². The van der Waals surface area contributed by atoms with Crippen LogP contribution in [-0.2, 0) is 21.4 Å². The largest absolute Gasteiger partial charge is 0.330 e. The van der Waals surface area contributed by atoms with Crippen LogP contribution in [0.1, 0.15) is 24.5 Å². The third-order valence-electron chi connectivity index (χ3n) is 4.73. The van der Waals surface area contributed by atoms with E-state index < -0.39 is 23.3 Å². The molecule has 0 radical (unpaired) electrons. The molecule has 1 fully saturated rings. The number of nitrogens with one attached hydrogen (secondary N) is 1. The van der Waals surface area contributed by atoms with Crippen molar-refractivity contribution in [2.75, 3.05) is 6.54 Å². The van der Waals surface area contributed by atoms with Gasteiger partial charge in [0.15, 0.2) is 5.41 Å². The van der Waals surface area contributed by atoms with E-state index >= 15 is 0 Å². The fourth-order valence-electron chi connectivity index (χ4n) is 3.27. The third-order valence-corrected chi connectivity index (χ3v) is 4.73. The molecule has 2 aromatic carbocycles. The zero-order valence-electron chi connectivity index (χ0n) is 14.1. The Kier molecular flexibility index (Phi) is 4.65. The van der Waals surface area contributed by atoms with Crippen LogP contribution in [0.25, 0.3) is 0 Å². The van der Waals surface area contributed by atoms with Gasteiger partial charge in [0.05, 0.1) is 0 Å². The highest BCUT2D eigenvalue weighted by molar-refractivity contribution is 6.22. The van der Waals surface area contributed by atoms with Crippen LogP contribution in [0.3, 0.4) is 0 Å². The molecule has 1 saturated heterocycles. The molecule has 3 rings (SSSR count). The molecule has 5 nitrogen and oxygen atoms in total. The van der Waals surface area contributed by atoms with Crippen LogP contribution in [0, 0.1) is 0 Å². The van der Waals surface area contributed by atoms with Crippen molar-refractivity contribution in [3.05, 3.63) is 71.8 Å². The van der Waals surface area contributed by atoms with Gasteiger partial charge in [0.2, 0.25) is 5.91 Å². The van der Waals surface area contributed by atoms with E-state index in [1.807, 2.05) is 36.4 Å². The second kappa shape index (κ2) is 6.89. The first kappa shape index (κ1) is 16.9. The Bertz CT molecular complexity index is 789. The summed E-state index contributed by atoms with van der Waals surface area (Å²) >= 11 is 0. The lowest BCUT2D eigenvalue weighted by atomic mass is 9.74. The second-order valence-electron chi connectivity index (χ2n) is 6.08. The van der Waals surface area contributed by atoms with Crippen molar-refractivity contribution in [2.45, 2.75) is 25.2 Å². The molecule has 0 saturated carbocycles. The summed E-state index contributed by atoms with van der Waals surface area (Å²) in [5, 5.41) is 2.36. The summed E-state index contributed by atoms with van der Waals surface area (Å²) in [5.41, 5.74) is 0.283. The van der Waals surface area contributed by atoms with Gasteiger partial charge in [-0.3, -0.25) is 19.8 Å². The Morgan fingerprint density at radius 1 is 0.920 bits per heavy atom. The Hall–Kier alpha value is -2.95. The average molecular weight is 336 g/mol. The van der Waals surface area contributed by atoms with Gasteiger partial charge >= 0.3 is 6.03 Å². The summed E-state index contributed by atoms with van der Waals surface area (Å²) in [6.07, 6.45) is 0.833. The maximum atomic E-state index is 13.2. The molecular formula is C20H20N2O3. The SMILES string of the molecule is CC[C@@]1(c2ccccc2)C(=O)NC(=O)N(CCc2ccccc2)C1=O. The topological polar surface area (TPSA) is 66.5 Å². The molecule has 5 heteroatoms. The number of rotatable bonds is 5. The molecule has 2 aromatic rings. The zero-order chi connectivity index (χ0) is 17.9. The van der Waals surface area contributed by atoms with E-state index in [2.05, 4.69) is 5.32 Å². The molecule has 1 aliphatic heterocycles. The third kappa shape index (κ3) is 2.93. The molecule has 0 aliphatic carbocycles. The standard InChI is InChI=1S/C20H20N2O3/c1-2-20(16-11-7-4-8-12-16)17(23)21-19(25)22(18(20)24)14-13-15-9-5-3-6-10-15/h3-12H,2,13-14H2,1H3,(H,21,23,25)/t20-/m1/s1. The predicted molar refractivity (Wildman–Crippen MR) is 93.8 cm³/mol. The van der Waals surface area contributed by atoms with E-state index in [9.17, 15) is 14.4 Å². The number of amides is 4. The van der Waals surface area contributed by atoms with Gasteiger partial charge in [-0.1, -0.05) is 67.6 Å². The predicted octanol–water partition coefficient (Wildman–Crippen LogP) is 2.66. The van der Waals surface area contributed by atoms with E-state index in [0.717, 1.165) is 10.5 Å². The van der Waals surface area contributed by atoms with Crippen LogP contribution in [0.5, 0.6) is 0 Å². The first-order valence-electron chi connectivity index (χ1n) is 8.36. The summed E-state index contributed by atoms with van der Waals surface area (Å²) in [6, 6.07) is 17.9. The van der Waals surface area contributed by atoms with E-state index in [1.54, 1.807) is 31.2 Å². The molecule has 0 spiro atoms. The second-order valence-corrected chi connectivity index (χ2v) is 6.08. The highest BCUT2D eigenvalue weighted by Gasteiger charge is 2.53. The van der Waals surface area contributed by atoms with E-state index in [4.69, 9.17) is 0 Å².